The molecule has 0 radical (unpaired) electrons. The Hall–Kier alpha value is -1.10. The fourth-order valence-corrected chi connectivity index (χ4v) is 3.39. The second kappa shape index (κ2) is 5.72. The number of hydrogen-bond donors (Lipinski definition) is 3. The fourth-order valence-electron chi connectivity index (χ4n) is 3.39. The van der Waals surface area contributed by atoms with Gasteiger partial charge in [0, 0.05) is 6.04 Å². The standard InChI is InChI=1S/C15H26N2O3/c1-14(13(19)20)8-4-3-7-11(14)17-12(18)15(2)9-5-6-10-16-15/h11,16H,3-10H2,1-2H3,(H,17,18)(H,19,20). The molecule has 3 unspecified atom stereocenters. The molecule has 0 spiro atoms. The lowest BCUT2D eigenvalue weighted by Crippen LogP contribution is -2.62. The van der Waals surface area contributed by atoms with E-state index in [0.29, 0.717) is 6.42 Å². The summed E-state index contributed by atoms with van der Waals surface area (Å²) in [6.07, 6.45) is 6.25. The molecule has 3 atom stereocenters. The van der Waals surface area contributed by atoms with E-state index in [2.05, 4.69) is 10.6 Å². The number of rotatable bonds is 3. The van der Waals surface area contributed by atoms with Crippen LogP contribution in [0, 0.1) is 5.41 Å². The molecule has 2 fully saturated rings. The van der Waals surface area contributed by atoms with Gasteiger partial charge in [0.05, 0.1) is 11.0 Å². The smallest absolute Gasteiger partial charge is 0.311 e. The van der Waals surface area contributed by atoms with Crippen molar-refractivity contribution in [3.05, 3.63) is 0 Å². The first-order valence-corrected chi connectivity index (χ1v) is 7.68. The van der Waals surface area contributed by atoms with Crippen LogP contribution in [0.2, 0.25) is 0 Å². The largest absolute Gasteiger partial charge is 0.481 e. The molecule has 20 heavy (non-hydrogen) atoms. The maximum Gasteiger partial charge on any atom is 0.311 e. The van der Waals surface area contributed by atoms with Gasteiger partial charge in [-0.25, -0.2) is 0 Å². The van der Waals surface area contributed by atoms with Crippen LogP contribution >= 0.6 is 0 Å². The highest BCUT2D eigenvalue weighted by atomic mass is 16.4. The SMILES string of the molecule is CC1(C(=O)NC2CCCCC2(C)C(=O)O)CCCCN1. The predicted octanol–water partition coefficient (Wildman–Crippen LogP) is 1.67. The van der Waals surface area contributed by atoms with Crippen LogP contribution in [0.1, 0.15) is 58.8 Å². The van der Waals surface area contributed by atoms with Gasteiger partial charge in [-0.05, 0) is 52.5 Å². The first-order chi connectivity index (χ1) is 9.38. The van der Waals surface area contributed by atoms with Gasteiger partial charge in [0.1, 0.15) is 0 Å². The number of hydrogen-bond acceptors (Lipinski definition) is 3. The fraction of sp³-hybridized carbons (Fsp3) is 0.867. The number of aliphatic carboxylic acids is 1. The van der Waals surface area contributed by atoms with Gasteiger partial charge in [0.15, 0.2) is 0 Å². The molecule has 1 heterocycles. The summed E-state index contributed by atoms with van der Waals surface area (Å²) in [5.41, 5.74) is -1.38. The first-order valence-electron chi connectivity index (χ1n) is 7.68. The maximum atomic E-state index is 12.5. The molecule has 5 nitrogen and oxygen atoms in total. The lowest BCUT2D eigenvalue weighted by molar-refractivity contribution is -0.152. The van der Waals surface area contributed by atoms with E-state index in [1.165, 1.54) is 0 Å². The molecule has 2 aliphatic rings. The van der Waals surface area contributed by atoms with E-state index in [0.717, 1.165) is 45.1 Å². The minimum absolute atomic E-state index is 0.0448. The monoisotopic (exact) mass is 282 g/mol. The van der Waals surface area contributed by atoms with Crippen LogP contribution in [0.5, 0.6) is 0 Å². The molecule has 0 bridgehead atoms. The molecule has 0 aromatic carbocycles. The number of carbonyl (C=O) groups excluding carboxylic acids is 1. The zero-order chi connectivity index (χ0) is 14.8. The van der Waals surface area contributed by atoms with Crippen LogP contribution in [-0.2, 0) is 9.59 Å². The van der Waals surface area contributed by atoms with Gasteiger partial charge in [-0.1, -0.05) is 12.8 Å². The highest BCUT2D eigenvalue weighted by Crippen LogP contribution is 2.36. The van der Waals surface area contributed by atoms with Crippen LogP contribution in [0.4, 0.5) is 0 Å². The summed E-state index contributed by atoms with van der Waals surface area (Å²) in [6.45, 7) is 4.53. The minimum atomic E-state index is -0.834. The van der Waals surface area contributed by atoms with E-state index in [-0.39, 0.29) is 11.9 Å². The topological polar surface area (TPSA) is 78.4 Å². The van der Waals surface area contributed by atoms with Gasteiger partial charge < -0.3 is 15.7 Å². The second-order valence-corrected chi connectivity index (χ2v) is 6.71. The number of amides is 1. The van der Waals surface area contributed by atoms with Crippen molar-refractivity contribution in [1.29, 1.82) is 0 Å². The van der Waals surface area contributed by atoms with Crippen molar-refractivity contribution in [3.63, 3.8) is 0 Å². The quantitative estimate of drug-likeness (QED) is 0.736. The van der Waals surface area contributed by atoms with Crippen LogP contribution in [0.25, 0.3) is 0 Å². The summed E-state index contributed by atoms with van der Waals surface area (Å²) in [5.74, 6) is -0.846. The molecule has 1 saturated heterocycles. The predicted molar refractivity (Wildman–Crippen MR) is 76.4 cm³/mol. The molecule has 1 aliphatic heterocycles. The van der Waals surface area contributed by atoms with Crippen molar-refractivity contribution < 1.29 is 14.7 Å². The zero-order valence-corrected chi connectivity index (χ0v) is 12.5. The summed E-state index contributed by atoms with van der Waals surface area (Å²) < 4.78 is 0. The lowest BCUT2D eigenvalue weighted by Gasteiger charge is -2.41. The molecular formula is C15H26N2O3. The molecule has 1 aliphatic carbocycles. The molecular weight excluding hydrogens is 256 g/mol. The zero-order valence-electron chi connectivity index (χ0n) is 12.5. The Morgan fingerprint density at radius 1 is 1.15 bits per heavy atom. The third kappa shape index (κ3) is 2.82. The average Bonchev–Trinajstić information content (AvgIpc) is 2.42. The number of carbonyl (C=O) groups is 2. The van der Waals surface area contributed by atoms with E-state index < -0.39 is 16.9 Å². The maximum absolute atomic E-state index is 12.5. The second-order valence-electron chi connectivity index (χ2n) is 6.71. The van der Waals surface area contributed by atoms with Crippen LogP contribution in [0.15, 0.2) is 0 Å². The minimum Gasteiger partial charge on any atom is -0.481 e. The third-order valence-corrected chi connectivity index (χ3v) is 5.12. The van der Waals surface area contributed by atoms with E-state index in [9.17, 15) is 14.7 Å². The molecule has 0 aromatic rings. The van der Waals surface area contributed by atoms with Gasteiger partial charge in [-0.15, -0.1) is 0 Å². The highest BCUT2D eigenvalue weighted by Gasteiger charge is 2.45. The Morgan fingerprint density at radius 2 is 1.85 bits per heavy atom. The molecule has 2 rings (SSSR count). The Morgan fingerprint density at radius 3 is 2.45 bits per heavy atom. The van der Waals surface area contributed by atoms with Gasteiger partial charge in [-0.2, -0.15) is 0 Å². The molecule has 1 amide bonds. The normalized spacial score (nSPS) is 38.2. The highest BCUT2D eigenvalue weighted by molar-refractivity contribution is 5.87. The van der Waals surface area contributed by atoms with E-state index in [4.69, 9.17) is 0 Å². The van der Waals surface area contributed by atoms with Gasteiger partial charge in [-0.3, -0.25) is 9.59 Å². The number of nitrogens with one attached hydrogen (secondary N) is 2. The van der Waals surface area contributed by atoms with Crippen molar-refractivity contribution in [2.75, 3.05) is 6.54 Å². The van der Waals surface area contributed by atoms with Gasteiger partial charge in [0.2, 0.25) is 5.91 Å². The van der Waals surface area contributed by atoms with Crippen molar-refractivity contribution in [2.45, 2.75) is 70.4 Å². The van der Waals surface area contributed by atoms with Gasteiger partial charge in [0.25, 0.3) is 0 Å². The average molecular weight is 282 g/mol. The lowest BCUT2D eigenvalue weighted by atomic mass is 9.71. The molecule has 3 N–H and O–H groups in total. The Labute approximate surface area is 120 Å². The van der Waals surface area contributed by atoms with Crippen LogP contribution in [-0.4, -0.2) is 35.1 Å². The van der Waals surface area contributed by atoms with Gasteiger partial charge >= 0.3 is 5.97 Å². The molecule has 1 saturated carbocycles. The van der Waals surface area contributed by atoms with Crippen LogP contribution < -0.4 is 10.6 Å². The van der Waals surface area contributed by atoms with E-state index in [1.54, 1.807) is 6.92 Å². The summed E-state index contributed by atoms with van der Waals surface area (Å²) in [7, 11) is 0. The summed E-state index contributed by atoms with van der Waals surface area (Å²) >= 11 is 0. The molecule has 114 valence electrons. The molecule has 0 aromatic heterocycles. The first kappa shape index (κ1) is 15.3. The molecule has 5 heteroatoms. The van der Waals surface area contributed by atoms with Crippen molar-refractivity contribution in [2.24, 2.45) is 5.41 Å². The van der Waals surface area contributed by atoms with Crippen molar-refractivity contribution in [1.82, 2.24) is 10.6 Å². The Bertz CT molecular complexity index is 391. The third-order valence-electron chi connectivity index (χ3n) is 5.12. The Kier molecular flexibility index (Phi) is 4.37. The number of carboxylic acids is 1. The van der Waals surface area contributed by atoms with Crippen molar-refractivity contribution in [3.8, 4) is 0 Å². The van der Waals surface area contributed by atoms with E-state index >= 15 is 0 Å². The number of carboxylic acid groups (broad SMARTS) is 1. The van der Waals surface area contributed by atoms with E-state index in [1.807, 2.05) is 6.92 Å². The summed E-state index contributed by atoms with van der Waals surface area (Å²) in [4.78, 5) is 24.1. The van der Waals surface area contributed by atoms with Crippen molar-refractivity contribution >= 4 is 11.9 Å². The summed E-state index contributed by atoms with van der Waals surface area (Å²) in [6, 6.07) is -0.262. The summed E-state index contributed by atoms with van der Waals surface area (Å²) in [5, 5.41) is 15.8. The Balaban J connectivity index is 2.07. The number of piperidine rings is 1. The van der Waals surface area contributed by atoms with Crippen LogP contribution in [0.3, 0.4) is 0 Å².